The molecule has 2 aromatic rings. The van der Waals surface area contributed by atoms with E-state index in [1.807, 2.05) is 49.2 Å². The fourth-order valence-electron chi connectivity index (χ4n) is 5.30. The van der Waals surface area contributed by atoms with Gasteiger partial charge in [0.25, 0.3) is 0 Å². The molecule has 1 saturated heterocycles. The minimum atomic E-state index is -1.06. The summed E-state index contributed by atoms with van der Waals surface area (Å²) < 4.78 is 15.5. The molecule has 0 bridgehead atoms. The van der Waals surface area contributed by atoms with Crippen molar-refractivity contribution in [1.82, 2.24) is 25.2 Å². The van der Waals surface area contributed by atoms with Gasteiger partial charge in [0.15, 0.2) is 11.0 Å². The zero-order valence-corrected chi connectivity index (χ0v) is 21.7. The summed E-state index contributed by atoms with van der Waals surface area (Å²) in [5, 5.41) is 13.8. The molecule has 35 heavy (non-hydrogen) atoms. The fraction of sp³-hybridized carbons (Fsp3) is 0.462. The van der Waals surface area contributed by atoms with E-state index in [1.165, 1.54) is 16.9 Å². The first-order chi connectivity index (χ1) is 16.5. The highest BCUT2D eigenvalue weighted by molar-refractivity contribution is 7.21. The number of hydrogen-bond donors (Lipinski definition) is 1. The van der Waals surface area contributed by atoms with E-state index in [0.717, 1.165) is 27.7 Å². The largest absolute Gasteiger partial charge is 0.345 e. The SMILES string of the molecule is CC1=CN2C=C(c3ncc4nc(N(C)C5CC(C)(C)NC(C)(C)[C@H]5F)sc4n3)C=C(C#N)C2=CC1. The molecule has 0 amide bonds. The molecule has 2 aromatic heterocycles. The van der Waals surface area contributed by atoms with E-state index in [-0.39, 0.29) is 11.6 Å². The van der Waals surface area contributed by atoms with Gasteiger partial charge in [-0.3, -0.25) is 0 Å². The molecule has 0 radical (unpaired) electrons. The quantitative estimate of drug-likeness (QED) is 0.641. The highest BCUT2D eigenvalue weighted by Gasteiger charge is 2.48. The average Bonchev–Trinajstić information content (AvgIpc) is 3.22. The Hall–Kier alpha value is -3.09. The van der Waals surface area contributed by atoms with Gasteiger partial charge >= 0.3 is 0 Å². The van der Waals surface area contributed by atoms with Crippen LogP contribution in [0.25, 0.3) is 15.9 Å². The summed E-state index contributed by atoms with van der Waals surface area (Å²) >= 11 is 1.44. The standard InChI is InChI=1S/C26H30FN7S/c1-15-7-8-19-16(11-28)9-17(14-34(19)13-15)22-29-12-18-23(31-22)35-24(30-18)33(6)20-10-25(2,3)32-26(4,5)21(20)27/h8-9,12-14,20-21,32H,7,10H2,1-6H3/t20?,21-/m0/s1. The Kier molecular flexibility index (Phi) is 5.57. The molecule has 1 N–H and O–H groups in total. The Morgan fingerprint density at radius 3 is 2.77 bits per heavy atom. The molecule has 0 saturated carbocycles. The predicted molar refractivity (Wildman–Crippen MR) is 138 cm³/mol. The molecule has 3 aliphatic rings. The van der Waals surface area contributed by atoms with Crippen molar-refractivity contribution in [3.63, 3.8) is 0 Å². The Morgan fingerprint density at radius 2 is 2.03 bits per heavy atom. The van der Waals surface area contributed by atoms with Crippen molar-refractivity contribution in [2.24, 2.45) is 0 Å². The number of fused-ring (bicyclic) bond motifs is 2. The second-order valence-electron chi connectivity index (χ2n) is 10.8. The lowest BCUT2D eigenvalue weighted by molar-refractivity contribution is 0.0568. The van der Waals surface area contributed by atoms with Crippen molar-refractivity contribution in [2.75, 3.05) is 11.9 Å². The molecule has 1 unspecified atom stereocenters. The minimum absolute atomic E-state index is 0.193. The summed E-state index contributed by atoms with van der Waals surface area (Å²) in [6, 6.07) is 1.99. The Morgan fingerprint density at radius 1 is 1.26 bits per heavy atom. The zero-order valence-electron chi connectivity index (χ0n) is 20.9. The number of rotatable bonds is 3. The molecule has 5 heterocycles. The van der Waals surface area contributed by atoms with Crippen LogP contribution in [-0.4, -0.2) is 50.2 Å². The smallest absolute Gasteiger partial charge is 0.188 e. The van der Waals surface area contributed by atoms with Gasteiger partial charge in [0, 0.05) is 36.1 Å². The summed E-state index contributed by atoms with van der Waals surface area (Å²) in [5.41, 5.74) is 3.30. The zero-order chi connectivity index (χ0) is 25.1. The number of hydrogen-bond acceptors (Lipinski definition) is 8. The number of anilines is 1. The van der Waals surface area contributed by atoms with Crippen molar-refractivity contribution < 1.29 is 4.39 Å². The van der Waals surface area contributed by atoms with Crippen molar-refractivity contribution in [1.29, 1.82) is 5.26 Å². The third kappa shape index (κ3) is 4.26. The lowest BCUT2D eigenvalue weighted by Crippen LogP contribution is -2.68. The maximum Gasteiger partial charge on any atom is 0.188 e. The Balaban J connectivity index is 1.47. The highest BCUT2D eigenvalue weighted by Crippen LogP contribution is 2.38. The van der Waals surface area contributed by atoms with Gasteiger partial charge in [0.05, 0.1) is 23.5 Å². The van der Waals surface area contributed by atoms with E-state index < -0.39 is 11.7 Å². The van der Waals surface area contributed by atoms with E-state index in [0.29, 0.717) is 23.3 Å². The van der Waals surface area contributed by atoms with E-state index in [9.17, 15) is 5.26 Å². The molecule has 0 aromatic carbocycles. The van der Waals surface area contributed by atoms with Crippen LogP contribution in [0.3, 0.4) is 0 Å². The van der Waals surface area contributed by atoms with E-state index >= 15 is 4.39 Å². The fourth-order valence-corrected chi connectivity index (χ4v) is 6.23. The maximum atomic E-state index is 15.5. The van der Waals surface area contributed by atoms with Crippen LogP contribution >= 0.6 is 11.3 Å². The first kappa shape index (κ1) is 23.6. The third-order valence-electron chi connectivity index (χ3n) is 6.83. The molecule has 5 rings (SSSR count). The van der Waals surface area contributed by atoms with E-state index in [1.54, 1.807) is 6.20 Å². The lowest BCUT2D eigenvalue weighted by atomic mass is 9.77. The van der Waals surface area contributed by atoms with Crippen LogP contribution < -0.4 is 10.2 Å². The summed E-state index contributed by atoms with van der Waals surface area (Å²) in [5.74, 6) is 0.534. The van der Waals surface area contributed by atoms with Gasteiger partial charge in [0.2, 0.25) is 0 Å². The first-order valence-electron chi connectivity index (χ1n) is 11.8. The van der Waals surface area contributed by atoms with Crippen LogP contribution in [0.4, 0.5) is 9.52 Å². The lowest BCUT2D eigenvalue weighted by Gasteiger charge is -2.51. The third-order valence-corrected chi connectivity index (χ3v) is 7.89. The normalized spacial score (nSPS) is 25.1. The number of halogens is 1. The van der Waals surface area contributed by atoms with Crippen LogP contribution in [0, 0.1) is 11.3 Å². The van der Waals surface area contributed by atoms with Crippen LogP contribution in [-0.2, 0) is 0 Å². The number of nitrogens with one attached hydrogen (secondary N) is 1. The molecular weight excluding hydrogens is 461 g/mol. The molecule has 9 heteroatoms. The number of aromatic nitrogens is 3. The second kappa shape index (κ2) is 8.25. The summed E-state index contributed by atoms with van der Waals surface area (Å²) in [7, 11) is 1.91. The molecule has 182 valence electrons. The predicted octanol–water partition coefficient (Wildman–Crippen LogP) is 5.08. The summed E-state index contributed by atoms with van der Waals surface area (Å²) in [4.78, 5) is 18.7. The Labute approximate surface area is 209 Å². The van der Waals surface area contributed by atoms with Gasteiger partial charge in [-0.25, -0.2) is 19.3 Å². The number of nitrogens with zero attached hydrogens (tertiary/aromatic N) is 6. The van der Waals surface area contributed by atoms with Gasteiger partial charge in [-0.15, -0.1) is 0 Å². The number of thiazole rings is 1. The molecule has 2 atom stereocenters. The van der Waals surface area contributed by atoms with Crippen LogP contribution in [0.5, 0.6) is 0 Å². The van der Waals surface area contributed by atoms with E-state index in [4.69, 9.17) is 9.97 Å². The number of alkyl halides is 1. The van der Waals surface area contributed by atoms with Crippen molar-refractivity contribution >= 4 is 32.4 Å². The van der Waals surface area contributed by atoms with Crippen LogP contribution in [0.1, 0.15) is 53.3 Å². The van der Waals surface area contributed by atoms with Gasteiger partial charge in [0.1, 0.15) is 22.6 Å². The van der Waals surface area contributed by atoms with Gasteiger partial charge in [-0.1, -0.05) is 23.0 Å². The topological polar surface area (TPSA) is 81.0 Å². The number of nitriles is 1. The van der Waals surface area contributed by atoms with Crippen molar-refractivity contribution in [3.05, 3.63) is 53.4 Å². The summed E-state index contributed by atoms with van der Waals surface area (Å²) in [6.07, 6.45) is 10.0. The monoisotopic (exact) mass is 491 g/mol. The highest BCUT2D eigenvalue weighted by atomic mass is 32.1. The first-order valence-corrected chi connectivity index (χ1v) is 12.6. The second-order valence-corrected chi connectivity index (χ2v) is 11.8. The maximum absolute atomic E-state index is 15.5. The van der Waals surface area contributed by atoms with Crippen LogP contribution in [0.2, 0.25) is 0 Å². The molecule has 3 aliphatic heterocycles. The van der Waals surface area contributed by atoms with Crippen LogP contribution in [0.15, 0.2) is 47.6 Å². The molecule has 0 aliphatic carbocycles. The van der Waals surface area contributed by atoms with Crippen molar-refractivity contribution in [2.45, 2.75) is 70.8 Å². The minimum Gasteiger partial charge on any atom is -0.345 e. The molecule has 7 nitrogen and oxygen atoms in total. The van der Waals surface area contributed by atoms with Gasteiger partial charge in [-0.05, 0) is 53.5 Å². The number of piperidine rings is 1. The molecular formula is C26H30FN7S. The van der Waals surface area contributed by atoms with Crippen molar-refractivity contribution in [3.8, 4) is 6.07 Å². The Bertz CT molecular complexity index is 1360. The molecule has 0 spiro atoms. The van der Waals surface area contributed by atoms with Gasteiger partial charge in [-0.2, -0.15) is 5.26 Å². The number of allylic oxidation sites excluding steroid dienone is 5. The average molecular weight is 492 g/mol. The van der Waals surface area contributed by atoms with Gasteiger partial charge < -0.3 is 15.1 Å². The molecule has 1 fully saturated rings. The van der Waals surface area contributed by atoms with E-state index in [2.05, 4.69) is 43.2 Å². The summed E-state index contributed by atoms with van der Waals surface area (Å²) in [6.45, 7) is 10.1.